The van der Waals surface area contributed by atoms with E-state index in [1.165, 1.54) is 43.2 Å². The Morgan fingerprint density at radius 3 is 2.11 bits per heavy atom. The van der Waals surface area contributed by atoms with Crippen LogP contribution >= 0.6 is 15.9 Å². The van der Waals surface area contributed by atoms with E-state index in [-0.39, 0.29) is 10.8 Å². The minimum absolute atomic E-state index is 0.0659. The molecular formula is C26H43BrO. The predicted molar refractivity (Wildman–Crippen MR) is 127 cm³/mol. The van der Waals surface area contributed by atoms with Crippen LogP contribution in [0.5, 0.6) is 5.75 Å². The minimum Gasteiger partial charge on any atom is -0.507 e. The van der Waals surface area contributed by atoms with Gasteiger partial charge in [-0.1, -0.05) is 90.4 Å². The molecule has 0 heterocycles. The van der Waals surface area contributed by atoms with E-state index in [1.807, 2.05) is 13.8 Å². The third-order valence-electron chi connectivity index (χ3n) is 6.93. The summed E-state index contributed by atoms with van der Waals surface area (Å²) in [5.74, 6) is 1.30. The molecule has 2 aliphatic rings. The summed E-state index contributed by atoms with van der Waals surface area (Å²) in [5.41, 5.74) is 4.56. The molecule has 2 fully saturated rings. The zero-order chi connectivity index (χ0) is 21.5. The van der Waals surface area contributed by atoms with Gasteiger partial charge in [0, 0.05) is 16.5 Å². The Labute approximate surface area is 182 Å². The highest BCUT2D eigenvalue weighted by atomic mass is 79.9. The van der Waals surface area contributed by atoms with Crippen molar-refractivity contribution in [3.63, 3.8) is 0 Å². The number of phenolic OH excluding ortho intramolecular Hbond substituents is 1. The lowest BCUT2D eigenvalue weighted by atomic mass is 9.49. The summed E-state index contributed by atoms with van der Waals surface area (Å²) < 4.78 is 0. The Bertz CT molecular complexity index is 697. The standard InChI is InChI=1S/C24H37BrO.C2H6/c1-21(2,3)18-8-17(13-25)20(26)19(9-18)24(7)12-16-10-22(4,5)14-23(6,11-16)15-24;1-2/h8-9,16,26H,10-15H2,1-7H3;1-2H3. The molecule has 160 valence electrons. The summed E-state index contributed by atoms with van der Waals surface area (Å²) in [7, 11) is 0. The van der Waals surface area contributed by atoms with Crippen LogP contribution in [0.2, 0.25) is 0 Å². The lowest BCUT2D eigenvalue weighted by molar-refractivity contribution is -0.0213. The van der Waals surface area contributed by atoms with Crippen molar-refractivity contribution in [2.24, 2.45) is 16.7 Å². The largest absolute Gasteiger partial charge is 0.507 e. The van der Waals surface area contributed by atoms with Gasteiger partial charge in [-0.15, -0.1) is 0 Å². The number of rotatable bonds is 2. The number of hydrogen-bond donors (Lipinski definition) is 1. The third kappa shape index (κ3) is 4.79. The molecule has 2 heteroatoms. The van der Waals surface area contributed by atoms with Crippen molar-refractivity contribution in [2.75, 3.05) is 0 Å². The van der Waals surface area contributed by atoms with Crippen LogP contribution in [0.1, 0.15) is 111 Å². The second-order valence-corrected chi connectivity index (χ2v) is 12.3. The summed E-state index contributed by atoms with van der Waals surface area (Å²) in [5, 5.41) is 11.8. The van der Waals surface area contributed by atoms with Crippen molar-refractivity contribution < 1.29 is 5.11 Å². The number of phenols is 1. The molecule has 0 amide bonds. The van der Waals surface area contributed by atoms with Crippen LogP contribution in [0.25, 0.3) is 0 Å². The molecule has 1 nitrogen and oxygen atoms in total. The van der Waals surface area contributed by atoms with Gasteiger partial charge in [-0.2, -0.15) is 0 Å². The predicted octanol–water partition coefficient (Wildman–Crippen LogP) is 8.49. The number of halogens is 1. The Balaban J connectivity index is 0.00000136. The molecule has 2 aliphatic carbocycles. The number of fused-ring (bicyclic) bond motifs is 2. The molecule has 1 N–H and O–H groups in total. The van der Waals surface area contributed by atoms with Gasteiger partial charge >= 0.3 is 0 Å². The van der Waals surface area contributed by atoms with Gasteiger partial charge in [0.25, 0.3) is 0 Å². The fourth-order valence-corrected chi connectivity index (χ4v) is 7.10. The van der Waals surface area contributed by atoms with Crippen molar-refractivity contribution >= 4 is 15.9 Å². The van der Waals surface area contributed by atoms with E-state index >= 15 is 0 Å². The normalized spacial score (nSPS) is 31.7. The lowest BCUT2D eigenvalue weighted by Crippen LogP contribution is -2.47. The molecule has 3 rings (SSSR count). The molecule has 0 spiro atoms. The van der Waals surface area contributed by atoms with Gasteiger partial charge < -0.3 is 5.11 Å². The molecule has 3 unspecified atom stereocenters. The first-order chi connectivity index (χ1) is 12.8. The van der Waals surface area contributed by atoms with E-state index in [0.717, 1.165) is 11.5 Å². The minimum atomic E-state index is 0.0659. The summed E-state index contributed by atoms with van der Waals surface area (Å²) >= 11 is 3.60. The molecule has 1 aromatic rings. The third-order valence-corrected chi connectivity index (χ3v) is 7.54. The molecule has 0 saturated heterocycles. The number of hydrogen-bond acceptors (Lipinski definition) is 1. The zero-order valence-electron chi connectivity index (χ0n) is 19.8. The van der Waals surface area contributed by atoms with Crippen molar-refractivity contribution in [1.82, 2.24) is 0 Å². The summed E-state index contributed by atoms with van der Waals surface area (Å²) in [6.45, 7) is 20.6. The quantitative estimate of drug-likeness (QED) is 0.447. The number of aromatic hydroxyl groups is 1. The van der Waals surface area contributed by atoms with Crippen molar-refractivity contribution in [1.29, 1.82) is 0 Å². The van der Waals surface area contributed by atoms with Gasteiger partial charge in [-0.25, -0.2) is 0 Å². The van der Waals surface area contributed by atoms with E-state index in [1.54, 1.807) is 0 Å². The van der Waals surface area contributed by atoms with E-state index in [4.69, 9.17) is 0 Å². The Morgan fingerprint density at radius 1 is 1.00 bits per heavy atom. The van der Waals surface area contributed by atoms with Crippen LogP contribution in [-0.4, -0.2) is 5.11 Å². The monoisotopic (exact) mass is 450 g/mol. The molecular weight excluding hydrogens is 408 g/mol. The molecule has 3 atom stereocenters. The van der Waals surface area contributed by atoms with Crippen molar-refractivity contribution in [3.05, 3.63) is 28.8 Å². The average molecular weight is 452 g/mol. The Hall–Kier alpha value is -0.500. The number of alkyl halides is 1. The molecule has 28 heavy (non-hydrogen) atoms. The van der Waals surface area contributed by atoms with Crippen molar-refractivity contribution in [2.45, 2.75) is 111 Å². The van der Waals surface area contributed by atoms with E-state index in [2.05, 4.69) is 76.5 Å². The number of benzene rings is 1. The van der Waals surface area contributed by atoms with Gasteiger partial charge in [-0.05, 0) is 65.2 Å². The van der Waals surface area contributed by atoms with Crippen LogP contribution in [0, 0.1) is 16.7 Å². The SMILES string of the molecule is CC.CC1(C)CC2CC(C)(C1)CC(C)(c1cc(C(C)(C)C)cc(CBr)c1O)C2. The highest BCUT2D eigenvalue weighted by molar-refractivity contribution is 9.08. The van der Waals surface area contributed by atoms with Crippen LogP contribution in [-0.2, 0) is 16.2 Å². The van der Waals surface area contributed by atoms with Gasteiger partial charge in [0.05, 0.1) is 0 Å². The second kappa shape index (κ2) is 7.97. The van der Waals surface area contributed by atoms with Gasteiger partial charge in [-0.3, -0.25) is 0 Å². The molecule has 1 aromatic carbocycles. The zero-order valence-corrected chi connectivity index (χ0v) is 21.4. The van der Waals surface area contributed by atoms with E-state index < -0.39 is 0 Å². The van der Waals surface area contributed by atoms with Crippen LogP contribution in [0.3, 0.4) is 0 Å². The van der Waals surface area contributed by atoms with Crippen LogP contribution in [0.15, 0.2) is 12.1 Å². The van der Waals surface area contributed by atoms with Crippen LogP contribution in [0.4, 0.5) is 0 Å². The molecule has 2 bridgehead atoms. The van der Waals surface area contributed by atoms with Gasteiger partial charge in [0.2, 0.25) is 0 Å². The Kier molecular flexibility index (Phi) is 6.77. The molecule has 0 radical (unpaired) electrons. The first kappa shape index (κ1) is 23.8. The van der Waals surface area contributed by atoms with E-state index in [9.17, 15) is 5.11 Å². The lowest BCUT2D eigenvalue weighted by Gasteiger charge is -2.56. The van der Waals surface area contributed by atoms with Gasteiger partial charge in [0.1, 0.15) is 5.75 Å². The molecule has 2 saturated carbocycles. The van der Waals surface area contributed by atoms with Gasteiger partial charge in [0.15, 0.2) is 0 Å². The second-order valence-electron chi connectivity index (χ2n) is 11.8. The smallest absolute Gasteiger partial charge is 0.123 e. The summed E-state index contributed by atoms with van der Waals surface area (Å²) in [4.78, 5) is 0. The maximum Gasteiger partial charge on any atom is 0.123 e. The van der Waals surface area contributed by atoms with E-state index in [0.29, 0.717) is 21.9 Å². The first-order valence-corrected chi connectivity index (χ1v) is 12.3. The first-order valence-electron chi connectivity index (χ1n) is 11.2. The maximum absolute atomic E-state index is 11.1. The maximum atomic E-state index is 11.1. The fraction of sp³-hybridized carbons (Fsp3) is 0.769. The average Bonchev–Trinajstić information content (AvgIpc) is 2.52. The summed E-state index contributed by atoms with van der Waals surface area (Å²) in [6, 6.07) is 4.50. The molecule has 0 aliphatic heterocycles. The highest BCUT2D eigenvalue weighted by Crippen LogP contribution is 2.61. The molecule has 0 aromatic heterocycles. The Morgan fingerprint density at radius 2 is 1.61 bits per heavy atom. The topological polar surface area (TPSA) is 20.2 Å². The van der Waals surface area contributed by atoms with Crippen molar-refractivity contribution in [3.8, 4) is 5.75 Å². The summed E-state index contributed by atoms with van der Waals surface area (Å²) in [6.07, 6.45) is 6.37. The highest BCUT2D eigenvalue weighted by Gasteiger charge is 2.51. The fourth-order valence-electron chi connectivity index (χ4n) is 6.68. The van der Waals surface area contributed by atoms with Crippen LogP contribution < -0.4 is 0 Å².